The smallest absolute Gasteiger partial charge is 0.151 e. The highest BCUT2D eigenvalue weighted by atomic mass is 32.2. The predicted molar refractivity (Wildman–Crippen MR) is 534 cm³/mol. The Balaban J connectivity index is 0.000000116. The zero-order chi connectivity index (χ0) is 89.2. The number of thioether (sulfide) groups is 1. The Hall–Kier alpha value is -7.11. The Bertz CT molecular complexity index is 4860. The normalized spacial score (nSPS) is 21.9. The molecular formula is C106H152N14O7S2. The summed E-state index contributed by atoms with van der Waals surface area (Å²) in [4.78, 5) is 44.1. The minimum Gasteiger partial charge on any atom is -0.382 e. The van der Waals surface area contributed by atoms with Crippen molar-refractivity contribution in [2.75, 3.05) is 234 Å². The van der Waals surface area contributed by atoms with Gasteiger partial charge in [0.15, 0.2) is 5.78 Å². The second kappa shape index (κ2) is 48.7. The van der Waals surface area contributed by atoms with Crippen LogP contribution >= 0.6 is 11.8 Å². The number of anilines is 4. The number of morpholine rings is 3. The first-order valence-electron chi connectivity index (χ1n) is 49.1. The average molecular weight is 1800 g/mol. The van der Waals surface area contributed by atoms with Crippen molar-refractivity contribution in [2.45, 2.75) is 180 Å². The van der Waals surface area contributed by atoms with Crippen LogP contribution in [0, 0.1) is 0 Å². The van der Waals surface area contributed by atoms with Crippen molar-refractivity contribution in [1.82, 2.24) is 51.5 Å². The highest BCUT2D eigenvalue weighted by Gasteiger charge is 2.33. The van der Waals surface area contributed by atoms with Crippen molar-refractivity contribution >= 4 is 61.5 Å². The molecule has 0 saturated carbocycles. The summed E-state index contributed by atoms with van der Waals surface area (Å²) in [5.74, 6) is 8.57. The van der Waals surface area contributed by atoms with Crippen LogP contribution in [0.4, 0.5) is 22.7 Å². The molecule has 2 atom stereocenters. The largest absolute Gasteiger partial charge is 0.382 e. The lowest BCUT2D eigenvalue weighted by atomic mass is 9.91. The van der Waals surface area contributed by atoms with Gasteiger partial charge in [-0.1, -0.05) is 110 Å². The zero-order valence-electron chi connectivity index (χ0n) is 78.7. The Labute approximate surface area is 777 Å². The first-order chi connectivity index (χ1) is 63.0. The molecule has 0 spiro atoms. The summed E-state index contributed by atoms with van der Waals surface area (Å²) in [7, 11) is 4.28. The molecule has 21 nitrogen and oxygen atoms in total. The highest BCUT2D eigenvalue weighted by Crippen LogP contribution is 2.36. The van der Waals surface area contributed by atoms with Gasteiger partial charge in [-0.2, -0.15) is 11.8 Å². The van der Waals surface area contributed by atoms with Crippen LogP contribution in [0.5, 0.6) is 0 Å². The molecule has 7 aromatic rings. The number of ether oxygens (including phenoxy) is 4. The number of piperidine rings is 1. The van der Waals surface area contributed by atoms with E-state index in [4.69, 9.17) is 18.9 Å². The highest BCUT2D eigenvalue weighted by molar-refractivity contribution is 8.00. The van der Waals surface area contributed by atoms with Gasteiger partial charge in [0, 0.05) is 203 Å². The first kappa shape index (κ1) is 96.5. The average Bonchev–Trinajstić information content (AvgIpc) is 1.23. The van der Waals surface area contributed by atoms with Gasteiger partial charge in [0.05, 0.1) is 51.3 Å². The number of likely N-dealkylation sites (tertiary alicyclic amines) is 2. The second-order valence-electron chi connectivity index (χ2n) is 38.4. The van der Waals surface area contributed by atoms with Crippen LogP contribution in [0.3, 0.4) is 0 Å². The second-order valence-corrected chi connectivity index (χ2v) is 42.4. The van der Waals surface area contributed by atoms with Crippen molar-refractivity contribution in [3.8, 4) is 0 Å². The number of benzene rings is 7. The fourth-order valence-corrected chi connectivity index (χ4v) is 23.7. The number of carbonyl (C=O) groups is 2. The minimum absolute atomic E-state index is 0.0353. The van der Waals surface area contributed by atoms with Crippen molar-refractivity contribution in [3.05, 3.63) is 222 Å². The third-order valence-corrected chi connectivity index (χ3v) is 31.3. The molecule has 0 aliphatic carbocycles. The van der Waals surface area contributed by atoms with Gasteiger partial charge in [0.2, 0.25) is 0 Å². The summed E-state index contributed by atoms with van der Waals surface area (Å²) < 4.78 is 34.0. The molecule has 0 bridgehead atoms. The summed E-state index contributed by atoms with van der Waals surface area (Å²) in [6.45, 7) is 38.1. The van der Waals surface area contributed by atoms with Crippen molar-refractivity contribution in [2.24, 2.45) is 0 Å². The number of hydrogen-bond donors (Lipinski definition) is 6. The van der Waals surface area contributed by atoms with E-state index in [-0.39, 0.29) is 11.7 Å². The molecule has 21 rings (SSSR count). The Morgan fingerprint density at radius 1 is 0.465 bits per heavy atom. The number of likely N-dealkylation sites (N-methyl/N-ethyl adjacent to an activating group) is 1. The van der Waals surface area contributed by atoms with Gasteiger partial charge in [-0.3, -0.25) is 23.6 Å². The molecule has 14 heterocycles. The number of methoxy groups -OCH3 is 1. The lowest BCUT2D eigenvalue weighted by Gasteiger charge is -2.41. The van der Waals surface area contributed by atoms with Crippen molar-refractivity contribution < 1.29 is 32.7 Å². The number of rotatable bonds is 16. The maximum Gasteiger partial charge on any atom is 0.151 e. The quantitative estimate of drug-likeness (QED) is 0.0501. The first-order valence-corrected chi connectivity index (χ1v) is 52.3. The number of Topliss-reactive ketones (excluding diaryl/α,β-unsaturated/α-hetero) is 2. The van der Waals surface area contributed by atoms with Crippen molar-refractivity contribution in [1.29, 1.82) is 0 Å². The van der Waals surface area contributed by atoms with E-state index in [2.05, 4.69) is 244 Å². The third kappa shape index (κ3) is 27.6. The zero-order valence-corrected chi connectivity index (χ0v) is 80.3. The summed E-state index contributed by atoms with van der Waals surface area (Å²) in [5.41, 5.74) is 30.4. The molecule has 129 heavy (non-hydrogen) atoms. The molecule has 6 N–H and O–H groups in total. The predicted octanol–water partition coefficient (Wildman–Crippen LogP) is 11.3. The molecule has 7 aromatic carbocycles. The lowest BCUT2D eigenvalue weighted by Crippen LogP contribution is -2.48. The molecule has 14 aliphatic heterocycles. The topological polar surface area (TPSA) is 186 Å². The van der Waals surface area contributed by atoms with E-state index in [1.54, 1.807) is 29.4 Å². The number of ketones is 2. The van der Waals surface area contributed by atoms with Gasteiger partial charge in [-0.15, -0.1) is 0 Å². The maximum absolute atomic E-state index is 12.4. The molecule has 0 amide bonds. The fraction of sp³-hybridized carbons (Fsp3) is 0.575. The van der Waals surface area contributed by atoms with Gasteiger partial charge in [-0.25, -0.2) is 0 Å². The van der Waals surface area contributed by atoms with E-state index < -0.39 is 9.52 Å². The van der Waals surface area contributed by atoms with Crippen LogP contribution in [0.15, 0.2) is 127 Å². The van der Waals surface area contributed by atoms with Crippen LogP contribution in [-0.2, 0) is 148 Å². The molecule has 7 saturated heterocycles. The number of carbonyl (C=O) groups excluding carboxylic acids is 2. The van der Waals surface area contributed by atoms with Crippen LogP contribution in [-0.4, -0.2) is 274 Å². The molecule has 0 aromatic heterocycles. The fourth-order valence-electron chi connectivity index (χ4n) is 21.4. The molecule has 700 valence electrons. The standard InChI is InChI=1S/C17H24N2O.C16H22N2O2.C16H24N2O.C15H22N2O2.C15H22N2.C14H20N2OS.C13H18N2S/c1-19-9-3-6-15(19)11-16(20)10-13-4-2-5-14-12-18-8-7-17(13)14;19-15(12-18-6-8-20-9-7-18)10-13-2-1-3-14-11-17-5-4-16(13)14;1-16(2)12-18(9-10-19-16)15-6-4-5-13-11-17(3)8-7-14(13)15;1-18-11-13-10-17(7-8-19-13)15-4-2-3-12-9-16-6-5-14(12)15;1-2-9-17(10-3-1)12-14-6-4-5-13-11-16-8-7-15(13)14;1-18(17)9-7-16(8-10-18)14-4-2-3-12-11-15-6-5-13(12)14;1-2-11-10-14-5-4-12(11)13(3-1)15-6-8-16-9-7-15/h2,4-5,15,18H,3,6-12H2,1H3;1-3,17H,4-12H2;4-6H,7-12H2,1-3H3;2-4,13,16H,5-11H2,1H3;4-6,16H,1-3,7-12H2;2-4,15H,1,5-11H2;1-3,14H,4-10H2. The van der Waals surface area contributed by atoms with Crippen molar-refractivity contribution in [3.63, 3.8) is 0 Å². The SMILES string of the molecule is C=S1(=O)CCN(c2cccc3c2CCNC3)CC1.CN1CCCC1CC(=O)Cc1cccc2c1CCNC2.CN1CCc2c(cccc2N2CCOC(C)(C)C2)C1.COCC1CN(c2cccc3c2CCNC3)CCO1.O=C(Cc1cccc2c1CCNC2)CN1CCOCC1.c1cc2c(c(CN3CCCCC3)c1)CCNC2.c1cc2c(c(N3CCSCC3)c1)CCNC2. The Morgan fingerprint density at radius 2 is 0.915 bits per heavy atom. The van der Waals surface area contributed by atoms with Crippen LogP contribution in [0.1, 0.15) is 147 Å². The van der Waals surface area contributed by atoms with E-state index in [9.17, 15) is 13.8 Å². The summed E-state index contributed by atoms with van der Waals surface area (Å²) in [5, 5.41) is 20.5. The molecular weight excluding hydrogens is 1650 g/mol. The number of fused-ring (bicyclic) bond motifs is 7. The third-order valence-electron chi connectivity index (χ3n) is 28.5. The number of nitrogens with one attached hydrogen (secondary N) is 6. The molecule has 2 unspecified atom stereocenters. The molecule has 0 radical (unpaired) electrons. The van der Waals surface area contributed by atoms with Crippen LogP contribution < -0.4 is 51.5 Å². The van der Waals surface area contributed by atoms with Gasteiger partial charge in [0.1, 0.15) is 5.78 Å². The van der Waals surface area contributed by atoms with E-state index >= 15 is 0 Å². The lowest BCUT2D eigenvalue weighted by molar-refractivity contribution is -0.121. The summed E-state index contributed by atoms with van der Waals surface area (Å²) in [6, 6.07) is 46.8. The monoisotopic (exact) mass is 1800 g/mol. The Morgan fingerprint density at radius 3 is 1.43 bits per heavy atom. The number of nitrogens with zero attached hydrogens (tertiary/aromatic N) is 8. The van der Waals surface area contributed by atoms with E-state index in [0.29, 0.717) is 43.6 Å². The van der Waals surface area contributed by atoms with Crippen LogP contribution in [0.2, 0.25) is 0 Å². The van der Waals surface area contributed by atoms with Gasteiger partial charge in [0.25, 0.3) is 0 Å². The maximum atomic E-state index is 12.4. The van der Waals surface area contributed by atoms with Gasteiger partial charge < -0.3 is 80.2 Å². The van der Waals surface area contributed by atoms with E-state index in [1.165, 1.54) is 191 Å². The molecule has 23 heteroatoms. The van der Waals surface area contributed by atoms with Gasteiger partial charge >= 0.3 is 0 Å². The number of hydrogen-bond acceptors (Lipinski definition) is 22. The van der Waals surface area contributed by atoms with E-state index in [0.717, 1.165) is 221 Å². The summed E-state index contributed by atoms with van der Waals surface area (Å²) in [6.07, 6.45) is 16.6. The molecule has 14 aliphatic rings. The van der Waals surface area contributed by atoms with Crippen LogP contribution in [0.25, 0.3) is 0 Å². The molecule has 7 fully saturated rings. The minimum atomic E-state index is -1.80. The Kier molecular flexibility index (Phi) is 36.4. The van der Waals surface area contributed by atoms with E-state index in [1.807, 2.05) is 0 Å². The summed E-state index contributed by atoms with van der Waals surface area (Å²) >= 11 is 2.08. The van der Waals surface area contributed by atoms with Gasteiger partial charge in [-0.05, 0) is 292 Å².